The van der Waals surface area contributed by atoms with E-state index < -0.39 is 0 Å². The van der Waals surface area contributed by atoms with E-state index in [0.29, 0.717) is 17.8 Å². The molecule has 114 valence electrons. The predicted molar refractivity (Wildman–Crippen MR) is 81.4 cm³/mol. The van der Waals surface area contributed by atoms with Gasteiger partial charge in [0.05, 0.1) is 0 Å². The van der Waals surface area contributed by atoms with Crippen LogP contribution in [0.1, 0.15) is 44.4 Å². The van der Waals surface area contributed by atoms with Gasteiger partial charge in [0.15, 0.2) is 0 Å². The van der Waals surface area contributed by atoms with Gasteiger partial charge in [-0.05, 0) is 30.5 Å². The molecule has 2 rings (SSSR count). The SMILES string of the molecule is CCCNCc1cc(Oc2ncn(C)n2)nc(C(C)C)c1. The van der Waals surface area contributed by atoms with Crippen LogP contribution < -0.4 is 10.1 Å². The van der Waals surface area contributed by atoms with Crippen molar-refractivity contribution in [1.82, 2.24) is 25.1 Å². The first-order chi connectivity index (χ1) is 10.1. The zero-order valence-electron chi connectivity index (χ0n) is 13.1. The van der Waals surface area contributed by atoms with Crippen molar-refractivity contribution in [1.29, 1.82) is 0 Å². The highest BCUT2D eigenvalue weighted by atomic mass is 16.5. The molecule has 2 aromatic heterocycles. The summed E-state index contributed by atoms with van der Waals surface area (Å²) in [6, 6.07) is 4.37. The van der Waals surface area contributed by atoms with Crippen molar-refractivity contribution in [3.63, 3.8) is 0 Å². The Balaban J connectivity index is 2.18. The molecule has 2 aromatic rings. The summed E-state index contributed by atoms with van der Waals surface area (Å²) in [5.41, 5.74) is 2.17. The fraction of sp³-hybridized carbons (Fsp3) is 0.533. The smallest absolute Gasteiger partial charge is 0.342 e. The van der Waals surface area contributed by atoms with Crippen LogP contribution >= 0.6 is 0 Å². The van der Waals surface area contributed by atoms with Crippen molar-refractivity contribution in [2.75, 3.05) is 6.54 Å². The van der Waals surface area contributed by atoms with E-state index in [9.17, 15) is 0 Å². The Morgan fingerprint density at radius 2 is 2.14 bits per heavy atom. The van der Waals surface area contributed by atoms with E-state index in [1.54, 1.807) is 18.1 Å². The first-order valence-corrected chi connectivity index (χ1v) is 7.33. The molecular formula is C15H23N5O. The van der Waals surface area contributed by atoms with Crippen molar-refractivity contribution in [3.05, 3.63) is 29.7 Å². The van der Waals surface area contributed by atoms with Gasteiger partial charge >= 0.3 is 6.01 Å². The molecule has 0 bridgehead atoms. The Bertz CT molecular complexity index is 579. The van der Waals surface area contributed by atoms with Crippen molar-refractivity contribution < 1.29 is 4.74 Å². The number of hydrogen-bond donors (Lipinski definition) is 1. The van der Waals surface area contributed by atoms with Gasteiger partial charge in [-0.2, -0.15) is 4.98 Å². The van der Waals surface area contributed by atoms with E-state index in [1.165, 1.54) is 0 Å². The zero-order valence-corrected chi connectivity index (χ0v) is 13.1. The molecule has 0 aromatic carbocycles. The lowest BCUT2D eigenvalue weighted by Gasteiger charge is -2.11. The Morgan fingerprint density at radius 1 is 1.33 bits per heavy atom. The van der Waals surface area contributed by atoms with E-state index in [0.717, 1.165) is 30.8 Å². The third kappa shape index (κ3) is 4.53. The summed E-state index contributed by atoms with van der Waals surface area (Å²) in [6.45, 7) is 8.20. The first-order valence-electron chi connectivity index (χ1n) is 7.33. The van der Waals surface area contributed by atoms with Gasteiger partial charge in [-0.25, -0.2) is 4.98 Å². The molecule has 0 fully saturated rings. The summed E-state index contributed by atoms with van der Waals surface area (Å²) in [5, 5.41) is 7.51. The molecule has 0 atom stereocenters. The maximum atomic E-state index is 5.66. The van der Waals surface area contributed by atoms with Crippen molar-refractivity contribution in [2.45, 2.75) is 39.7 Å². The van der Waals surface area contributed by atoms with Crippen LogP contribution in [-0.2, 0) is 13.6 Å². The maximum absolute atomic E-state index is 5.66. The zero-order chi connectivity index (χ0) is 15.2. The minimum atomic E-state index is 0.318. The van der Waals surface area contributed by atoms with Gasteiger partial charge in [0.2, 0.25) is 5.88 Å². The average molecular weight is 289 g/mol. The highest BCUT2D eigenvalue weighted by Crippen LogP contribution is 2.21. The van der Waals surface area contributed by atoms with Gasteiger partial charge in [0.25, 0.3) is 0 Å². The molecule has 0 aliphatic carbocycles. The Kier molecular flexibility index (Phi) is 5.27. The molecule has 0 unspecified atom stereocenters. The standard InChI is InChI=1S/C15H23N5O/c1-5-6-16-9-12-7-13(11(2)3)18-14(8-12)21-15-17-10-20(4)19-15/h7-8,10-11,16H,5-6,9H2,1-4H3. The quantitative estimate of drug-likeness (QED) is 0.794. The number of aryl methyl sites for hydroxylation is 1. The number of nitrogens with one attached hydrogen (secondary N) is 1. The number of aromatic nitrogens is 4. The molecule has 0 saturated heterocycles. The lowest BCUT2D eigenvalue weighted by Crippen LogP contribution is -2.14. The molecule has 0 radical (unpaired) electrons. The summed E-state index contributed by atoms with van der Waals surface area (Å²) in [7, 11) is 1.80. The van der Waals surface area contributed by atoms with Gasteiger partial charge in [-0.3, -0.25) is 4.68 Å². The van der Waals surface area contributed by atoms with Crippen LogP contribution in [0.3, 0.4) is 0 Å². The molecule has 21 heavy (non-hydrogen) atoms. The van der Waals surface area contributed by atoms with E-state index in [1.807, 2.05) is 6.07 Å². The highest BCUT2D eigenvalue weighted by Gasteiger charge is 2.09. The molecule has 0 aliphatic heterocycles. The fourth-order valence-electron chi connectivity index (χ4n) is 1.90. The summed E-state index contributed by atoms with van der Waals surface area (Å²) >= 11 is 0. The largest absolute Gasteiger partial charge is 0.404 e. The van der Waals surface area contributed by atoms with E-state index >= 15 is 0 Å². The second kappa shape index (κ2) is 7.17. The number of pyridine rings is 1. The van der Waals surface area contributed by atoms with Crippen molar-refractivity contribution >= 4 is 0 Å². The minimum absolute atomic E-state index is 0.318. The number of hydrogen-bond acceptors (Lipinski definition) is 5. The van der Waals surface area contributed by atoms with E-state index in [2.05, 4.69) is 47.2 Å². The molecule has 2 heterocycles. The Morgan fingerprint density at radius 3 is 2.76 bits per heavy atom. The summed E-state index contributed by atoms with van der Waals surface area (Å²) in [4.78, 5) is 8.59. The topological polar surface area (TPSA) is 64.9 Å². The molecular weight excluding hydrogens is 266 g/mol. The van der Waals surface area contributed by atoms with Crippen LogP contribution in [0, 0.1) is 0 Å². The molecule has 0 amide bonds. The molecule has 0 saturated carbocycles. The second-order valence-corrected chi connectivity index (χ2v) is 5.37. The number of ether oxygens (including phenoxy) is 1. The van der Waals surface area contributed by atoms with Crippen LogP contribution in [0.4, 0.5) is 0 Å². The normalized spacial score (nSPS) is 11.1. The van der Waals surface area contributed by atoms with E-state index in [-0.39, 0.29) is 0 Å². The minimum Gasteiger partial charge on any atom is -0.404 e. The molecule has 6 heteroatoms. The molecule has 1 N–H and O–H groups in total. The number of rotatable bonds is 7. The van der Waals surface area contributed by atoms with Crippen LogP contribution in [0.15, 0.2) is 18.5 Å². The highest BCUT2D eigenvalue weighted by molar-refractivity contribution is 5.28. The third-order valence-corrected chi connectivity index (χ3v) is 3.00. The summed E-state index contributed by atoms with van der Waals surface area (Å²) in [5.74, 6) is 0.885. The summed E-state index contributed by atoms with van der Waals surface area (Å²) < 4.78 is 7.26. The monoisotopic (exact) mass is 289 g/mol. The van der Waals surface area contributed by atoms with Gasteiger partial charge in [0.1, 0.15) is 6.33 Å². The first kappa shape index (κ1) is 15.4. The number of nitrogens with zero attached hydrogens (tertiary/aromatic N) is 4. The molecule has 6 nitrogen and oxygen atoms in total. The maximum Gasteiger partial charge on any atom is 0.342 e. The lowest BCUT2D eigenvalue weighted by molar-refractivity contribution is 0.419. The van der Waals surface area contributed by atoms with Gasteiger partial charge in [-0.1, -0.05) is 20.8 Å². The average Bonchev–Trinajstić information content (AvgIpc) is 2.84. The van der Waals surface area contributed by atoms with E-state index in [4.69, 9.17) is 4.74 Å². The van der Waals surface area contributed by atoms with Crippen LogP contribution in [0.25, 0.3) is 0 Å². The van der Waals surface area contributed by atoms with Crippen molar-refractivity contribution in [3.8, 4) is 11.9 Å². The van der Waals surface area contributed by atoms with Gasteiger partial charge < -0.3 is 10.1 Å². The predicted octanol–water partition coefficient (Wildman–Crippen LogP) is 2.63. The lowest BCUT2D eigenvalue weighted by atomic mass is 10.1. The van der Waals surface area contributed by atoms with Gasteiger partial charge in [-0.15, -0.1) is 5.10 Å². The van der Waals surface area contributed by atoms with Crippen LogP contribution in [0.5, 0.6) is 11.9 Å². The Labute approximate surface area is 125 Å². The Hall–Kier alpha value is -1.95. The third-order valence-electron chi connectivity index (χ3n) is 3.00. The summed E-state index contributed by atoms with van der Waals surface area (Å²) in [6.07, 6.45) is 2.72. The fourth-order valence-corrected chi connectivity index (χ4v) is 1.90. The molecule has 0 aliphatic rings. The molecule has 0 spiro atoms. The second-order valence-electron chi connectivity index (χ2n) is 5.37. The van der Waals surface area contributed by atoms with Crippen LogP contribution in [0.2, 0.25) is 0 Å². The van der Waals surface area contributed by atoms with Gasteiger partial charge in [0, 0.05) is 25.4 Å². The van der Waals surface area contributed by atoms with Crippen LogP contribution in [-0.4, -0.2) is 26.3 Å². The van der Waals surface area contributed by atoms with Crippen molar-refractivity contribution in [2.24, 2.45) is 7.05 Å².